The van der Waals surface area contributed by atoms with Crippen LogP contribution in [-0.4, -0.2) is 53.7 Å². The van der Waals surface area contributed by atoms with Crippen LogP contribution in [0, 0.1) is 0 Å². The van der Waals surface area contributed by atoms with E-state index in [9.17, 15) is 14.4 Å². The summed E-state index contributed by atoms with van der Waals surface area (Å²) in [4.78, 5) is 43.2. The molecule has 2 aromatic rings. The highest BCUT2D eigenvalue weighted by molar-refractivity contribution is 6.35. The van der Waals surface area contributed by atoms with Gasteiger partial charge in [-0.2, -0.15) is 0 Å². The van der Waals surface area contributed by atoms with Crippen molar-refractivity contribution >= 4 is 46.6 Å². The minimum atomic E-state index is -0.916. The second kappa shape index (κ2) is 8.66. The predicted octanol–water partition coefficient (Wildman–Crippen LogP) is 3.53. The van der Waals surface area contributed by atoms with Gasteiger partial charge in [0.25, 0.3) is 5.91 Å². The largest absolute Gasteiger partial charge is 0.368 e. The van der Waals surface area contributed by atoms with Crippen molar-refractivity contribution in [3.05, 3.63) is 64.1 Å². The summed E-state index contributed by atoms with van der Waals surface area (Å²) in [5, 5.41) is 1.12. The average Bonchev–Trinajstić information content (AvgIpc) is 3.07. The number of amides is 3. The molecule has 2 aliphatic heterocycles. The Hall–Kier alpha value is -2.57. The van der Waals surface area contributed by atoms with E-state index < -0.39 is 6.04 Å². The van der Waals surface area contributed by atoms with E-state index in [0.29, 0.717) is 41.8 Å². The summed E-state index contributed by atoms with van der Waals surface area (Å²) < 4.78 is 0. The number of carbonyl (C=O) groups is 3. The number of likely N-dealkylation sites (tertiary alicyclic amines) is 1. The standard InChI is InChI=1S/C22H21Cl2N3O3/c23-16-12-17(24)14-18(13-16)25-8-10-26(11-9-25)22(30)21(15-4-2-1-3-5-15)27-19(28)6-7-20(27)29/h1-5,12-14,21H,6-11H2. The van der Waals surface area contributed by atoms with Crippen LogP contribution in [0.25, 0.3) is 0 Å². The first-order valence-corrected chi connectivity index (χ1v) is 10.6. The van der Waals surface area contributed by atoms with Crippen molar-refractivity contribution in [2.75, 3.05) is 31.1 Å². The number of hydrogen-bond acceptors (Lipinski definition) is 4. The summed E-state index contributed by atoms with van der Waals surface area (Å²) in [6.07, 6.45) is 0.303. The molecule has 3 amide bonds. The van der Waals surface area contributed by atoms with E-state index in [2.05, 4.69) is 4.90 Å². The summed E-state index contributed by atoms with van der Waals surface area (Å²) in [5.41, 5.74) is 1.55. The van der Waals surface area contributed by atoms with Crippen molar-refractivity contribution in [3.63, 3.8) is 0 Å². The number of anilines is 1. The Morgan fingerprint density at radius 1 is 0.833 bits per heavy atom. The molecule has 0 bridgehead atoms. The molecule has 0 aromatic heterocycles. The van der Waals surface area contributed by atoms with Crippen LogP contribution in [-0.2, 0) is 14.4 Å². The van der Waals surface area contributed by atoms with Crippen LogP contribution in [0.4, 0.5) is 5.69 Å². The zero-order chi connectivity index (χ0) is 21.3. The van der Waals surface area contributed by atoms with Gasteiger partial charge in [-0.25, -0.2) is 0 Å². The topological polar surface area (TPSA) is 60.9 Å². The molecule has 6 nitrogen and oxygen atoms in total. The molecule has 2 aliphatic rings. The maximum absolute atomic E-state index is 13.4. The number of benzene rings is 2. The van der Waals surface area contributed by atoms with Gasteiger partial charge in [0.2, 0.25) is 11.8 Å². The smallest absolute Gasteiger partial charge is 0.250 e. The molecule has 0 N–H and O–H groups in total. The fraction of sp³-hybridized carbons (Fsp3) is 0.318. The second-order valence-corrected chi connectivity index (χ2v) is 8.28. The quantitative estimate of drug-likeness (QED) is 0.675. The maximum Gasteiger partial charge on any atom is 0.250 e. The van der Waals surface area contributed by atoms with Crippen LogP contribution in [0.2, 0.25) is 10.0 Å². The number of rotatable bonds is 4. The van der Waals surface area contributed by atoms with E-state index in [1.165, 1.54) is 0 Å². The Morgan fingerprint density at radius 3 is 1.97 bits per heavy atom. The van der Waals surface area contributed by atoms with Gasteiger partial charge < -0.3 is 9.80 Å². The third-order valence-corrected chi connectivity index (χ3v) is 5.94. The van der Waals surface area contributed by atoms with Crippen LogP contribution in [0.5, 0.6) is 0 Å². The third kappa shape index (κ3) is 4.16. The number of nitrogens with zero attached hydrogens (tertiary/aromatic N) is 3. The second-order valence-electron chi connectivity index (χ2n) is 7.41. The number of hydrogen-bond donors (Lipinski definition) is 0. The molecular formula is C22H21Cl2N3O3. The van der Waals surface area contributed by atoms with Crippen LogP contribution < -0.4 is 4.90 Å². The van der Waals surface area contributed by atoms with E-state index in [4.69, 9.17) is 23.2 Å². The molecule has 0 aliphatic carbocycles. The SMILES string of the molecule is O=C(C(c1ccccc1)N1C(=O)CCC1=O)N1CCN(c2cc(Cl)cc(Cl)c2)CC1. The summed E-state index contributed by atoms with van der Waals surface area (Å²) in [7, 11) is 0. The molecule has 2 aromatic carbocycles. The molecule has 2 fully saturated rings. The molecule has 8 heteroatoms. The first-order chi connectivity index (χ1) is 14.4. The van der Waals surface area contributed by atoms with Gasteiger partial charge in [0.15, 0.2) is 0 Å². The van der Waals surface area contributed by atoms with Gasteiger partial charge in [0.05, 0.1) is 0 Å². The third-order valence-electron chi connectivity index (χ3n) is 5.50. The average molecular weight is 446 g/mol. The van der Waals surface area contributed by atoms with Crippen molar-refractivity contribution in [2.45, 2.75) is 18.9 Å². The fourth-order valence-electron chi connectivity index (χ4n) is 4.00. The first kappa shape index (κ1) is 20.7. The normalized spacial score (nSPS) is 18.1. The summed E-state index contributed by atoms with van der Waals surface area (Å²) in [5.74, 6) is -0.822. The zero-order valence-corrected chi connectivity index (χ0v) is 17.8. The molecular weight excluding hydrogens is 425 g/mol. The molecule has 1 unspecified atom stereocenters. The zero-order valence-electron chi connectivity index (χ0n) is 16.3. The number of halogens is 2. The molecule has 0 radical (unpaired) electrons. The Bertz CT molecular complexity index is 939. The highest BCUT2D eigenvalue weighted by Crippen LogP contribution is 2.30. The fourth-order valence-corrected chi connectivity index (χ4v) is 4.51. The highest BCUT2D eigenvalue weighted by atomic mass is 35.5. The molecule has 1 atom stereocenters. The van der Waals surface area contributed by atoms with Crippen LogP contribution in [0.1, 0.15) is 24.4 Å². The maximum atomic E-state index is 13.4. The summed E-state index contributed by atoms with van der Waals surface area (Å²) in [6.45, 7) is 2.16. The van der Waals surface area contributed by atoms with Crippen molar-refractivity contribution in [2.24, 2.45) is 0 Å². The van der Waals surface area contributed by atoms with Crippen LogP contribution in [0.15, 0.2) is 48.5 Å². The lowest BCUT2D eigenvalue weighted by Crippen LogP contribution is -2.53. The monoisotopic (exact) mass is 445 g/mol. The van der Waals surface area contributed by atoms with Gasteiger partial charge in [0.1, 0.15) is 6.04 Å². The number of carbonyl (C=O) groups excluding carboxylic acids is 3. The van der Waals surface area contributed by atoms with Crippen LogP contribution in [0.3, 0.4) is 0 Å². The number of imide groups is 1. The van der Waals surface area contributed by atoms with Gasteiger partial charge in [-0.15, -0.1) is 0 Å². The van der Waals surface area contributed by atoms with E-state index >= 15 is 0 Å². The van der Waals surface area contributed by atoms with E-state index in [1.54, 1.807) is 23.1 Å². The Kier molecular flexibility index (Phi) is 5.97. The molecule has 0 saturated carbocycles. The van der Waals surface area contributed by atoms with Crippen molar-refractivity contribution < 1.29 is 14.4 Å². The Balaban J connectivity index is 1.53. The minimum absolute atomic E-state index is 0.152. The minimum Gasteiger partial charge on any atom is -0.368 e. The summed E-state index contributed by atoms with van der Waals surface area (Å²) >= 11 is 12.2. The van der Waals surface area contributed by atoms with Crippen molar-refractivity contribution in [1.82, 2.24) is 9.80 Å². The lowest BCUT2D eigenvalue weighted by atomic mass is 10.0. The molecule has 2 heterocycles. The van der Waals surface area contributed by atoms with Gasteiger partial charge in [0, 0.05) is 54.8 Å². The van der Waals surface area contributed by atoms with Gasteiger partial charge >= 0.3 is 0 Å². The van der Waals surface area contributed by atoms with Crippen LogP contribution >= 0.6 is 23.2 Å². The predicted molar refractivity (Wildman–Crippen MR) is 116 cm³/mol. The molecule has 30 heavy (non-hydrogen) atoms. The van der Waals surface area contributed by atoms with E-state index in [0.717, 1.165) is 10.6 Å². The van der Waals surface area contributed by atoms with Gasteiger partial charge in [-0.05, 0) is 23.8 Å². The van der Waals surface area contributed by atoms with Crippen molar-refractivity contribution in [1.29, 1.82) is 0 Å². The molecule has 4 rings (SSSR count). The molecule has 156 valence electrons. The van der Waals surface area contributed by atoms with Gasteiger partial charge in [-0.1, -0.05) is 53.5 Å². The number of piperazine rings is 1. The lowest BCUT2D eigenvalue weighted by Gasteiger charge is -2.39. The summed E-state index contributed by atoms with van der Waals surface area (Å²) in [6, 6.07) is 13.5. The highest BCUT2D eigenvalue weighted by Gasteiger charge is 2.41. The lowest BCUT2D eigenvalue weighted by molar-refractivity contribution is -0.151. The van der Waals surface area contributed by atoms with Crippen molar-refractivity contribution in [3.8, 4) is 0 Å². The molecule has 2 saturated heterocycles. The Morgan fingerprint density at radius 2 is 1.40 bits per heavy atom. The van der Waals surface area contributed by atoms with E-state index in [-0.39, 0.29) is 30.6 Å². The molecule has 0 spiro atoms. The van der Waals surface area contributed by atoms with E-state index in [1.807, 2.05) is 30.3 Å². The first-order valence-electron chi connectivity index (χ1n) is 9.84. The van der Waals surface area contributed by atoms with Gasteiger partial charge in [-0.3, -0.25) is 19.3 Å². The Labute approximate surface area is 184 Å².